The van der Waals surface area contributed by atoms with Crippen LogP contribution in [0.5, 0.6) is 0 Å². The molecule has 2 rings (SSSR count). The summed E-state index contributed by atoms with van der Waals surface area (Å²) in [7, 11) is 0. The molecule has 2 aliphatic rings. The third-order valence-electron chi connectivity index (χ3n) is 5.39. The number of amides is 1. The topological polar surface area (TPSA) is 92.9 Å². The molecule has 6 heteroatoms. The van der Waals surface area contributed by atoms with Crippen molar-refractivity contribution in [3.63, 3.8) is 0 Å². The number of rotatable bonds is 5. The Balaban J connectivity index is 2.19. The van der Waals surface area contributed by atoms with Gasteiger partial charge in [0.1, 0.15) is 5.54 Å². The van der Waals surface area contributed by atoms with Gasteiger partial charge in [-0.3, -0.25) is 9.59 Å². The number of carbonyl (C=O) groups excluding carboxylic acids is 1. The number of nitrogens with zero attached hydrogens (tertiary/aromatic N) is 1. The van der Waals surface area contributed by atoms with Crippen molar-refractivity contribution in [2.45, 2.75) is 45.8 Å². The Morgan fingerprint density at radius 3 is 2.62 bits per heavy atom. The standard InChI is InChI=1S/C15H26N2O4/c1-5-17(8-9(2)12(18)19)13(20)15(16)10-6-7-21-11(10)14(15,3)4/h9-11H,5-8,16H2,1-4H3,(H,18,19). The van der Waals surface area contributed by atoms with E-state index in [-0.39, 0.29) is 24.5 Å². The van der Waals surface area contributed by atoms with E-state index in [0.717, 1.165) is 6.42 Å². The summed E-state index contributed by atoms with van der Waals surface area (Å²) >= 11 is 0. The Morgan fingerprint density at radius 1 is 1.48 bits per heavy atom. The zero-order valence-corrected chi connectivity index (χ0v) is 13.3. The molecule has 2 fully saturated rings. The van der Waals surface area contributed by atoms with Gasteiger partial charge in [0, 0.05) is 31.0 Å². The Morgan fingerprint density at radius 2 is 2.10 bits per heavy atom. The van der Waals surface area contributed by atoms with Crippen LogP contribution >= 0.6 is 0 Å². The molecule has 21 heavy (non-hydrogen) atoms. The fraction of sp³-hybridized carbons (Fsp3) is 0.867. The first-order valence-electron chi connectivity index (χ1n) is 7.60. The molecule has 1 amide bonds. The minimum Gasteiger partial charge on any atom is -0.481 e. The molecule has 1 heterocycles. The predicted octanol–water partition coefficient (Wildman–Crippen LogP) is 0.698. The molecule has 0 aromatic carbocycles. The van der Waals surface area contributed by atoms with Crippen molar-refractivity contribution in [2.75, 3.05) is 19.7 Å². The van der Waals surface area contributed by atoms with Gasteiger partial charge in [-0.1, -0.05) is 20.8 Å². The molecular formula is C15H26N2O4. The third-order valence-corrected chi connectivity index (χ3v) is 5.39. The molecule has 1 saturated carbocycles. The lowest BCUT2D eigenvalue weighted by atomic mass is 9.47. The fourth-order valence-corrected chi connectivity index (χ4v) is 3.84. The Labute approximate surface area is 125 Å². The van der Waals surface area contributed by atoms with E-state index in [1.807, 2.05) is 20.8 Å². The smallest absolute Gasteiger partial charge is 0.308 e. The summed E-state index contributed by atoms with van der Waals surface area (Å²) in [6.07, 6.45) is 0.824. The van der Waals surface area contributed by atoms with Gasteiger partial charge in [0.05, 0.1) is 12.0 Å². The van der Waals surface area contributed by atoms with Crippen molar-refractivity contribution < 1.29 is 19.4 Å². The second-order valence-corrected chi connectivity index (χ2v) is 6.86. The van der Waals surface area contributed by atoms with E-state index in [0.29, 0.717) is 13.2 Å². The van der Waals surface area contributed by atoms with Crippen LogP contribution in [0.4, 0.5) is 0 Å². The average Bonchev–Trinajstić information content (AvgIpc) is 2.90. The highest BCUT2D eigenvalue weighted by atomic mass is 16.5. The first-order valence-corrected chi connectivity index (χ1v) is 7.60. The van der Waals surface area contributed by atoms with Crippen molar-refractivity contribution in [3.8, 4) is 0 Å². The summed E-state index contributed by atoms with van der Waals surface area (Å²) in [5.41, 5.74) is 5.14. The lowest BCUT2D eigenvalue weighted by molar-refractivity contribution is -0.184. The lowest BCUT2D eigenvalue weighted by Gasteiger charge is -2.61. The summed E-state index contributed by atoms with van der Waals surface area (Å²) in [5.74, 6) is -1.61. The van der Waals surface area contributed by atoms with Crippen LogP contribution in [0.25, 0.3) is 0 Å². The van der Waals surface area contributed by atoms with Crippen LogP contribution < -0.4 is 5.73 Å². The Hall–Kier alpha value is -1.14. The number of aliphatic carboxylic acids is 1. The summed E-state index contributed by atoms with van der Waals surface area (Å²) in [6.45, 7) is 8.68. The highest BCUT2D eigenvalue weighted by molar-refractivity contribution is 5.90. The number of hydrogen-bond donors (Lipinski definition) is 2. The van der Waals surface area contributed by atoms with Crippen molar-refractivity contribution in [1.82, 2.24) is 4.90 Å². The van der Waals surface area contributed by atoms with E-state index in [9.17, 15) is 9.59 Å². The highest BCUT2D eigenvalue weighted by Crippen LogP contribution is 2.58. The molecular weight excluding hydrogens is 272 g/mol. The summed E-state index contributed by atoms with van der Waals surface area (Å²) in [6, 6.07) is 0. The zero-order chi connectivity index (χ0) is 16.0. The molecule has 0 aromatic heterocycles. The summed E-state index contributed by atoms with van der Waals surface area (Å²) in [4.78, 5) is 25.6. The van der Waals surface area contributed by atoms with Gasteiger partial charge in [-0.2, -0.15) is 0 Å². The van der Waals surface area contributed by atoms with Crippen LogP contribution in [0, 0.1) is 17.3 Å². The van der Waals surface area contributed by atoms with Crippen LogP contribution in [0.1, 0.15) is 34.1 Å². The third kappa shape index (κ3) is 2.16. The van der Waals surface area contributed by atoms with Crippen LogP contribution in [0.3, 0.4) is 0 Å². The molecule has 4 atom stereocenters. The van der Waals surface area contributed by atoms with Gasteiger partial charge in [-0.25, -0.2) is 0 Å². The SMILES string of the molecule is CCN(CC(C)C(=O)O)C(=O)C1(N)C2CCOC2C1(C)C. The van der Waals surface area contributed by atoms with Gasteiger partial charge in [0.15, 0.2) is 0 Å². The van der Waals surface area contributed by atoms with Crippen molar-refractivity contribution in [2.24, 2.45) is 23.0 Å². The molecule has 1 aliphatic carbocycles. The van der Waals surface area contributed by atoms with Crippen LogP contribution in [0.2, 0.25) is 0 Å². The first-order chi connectivity index (χ1) is 9.67. The van der Waals surface area contributed by atoms with Crippen molar-refractivity contribution in [1.29, 1.82) is 0 Å². The largest absolute Gasteiger partial charge is 0.481 e. The number of carbonyl (C=O) groups is 2. The lowest BCUT2D eigenvalue weighted by Crippen LogP contribution is -2.80. The molecule has 0 spiro atoms. The average molecular weight is 298 g/mol. The number of carboxylic acids is 1. The molecule has 0 radical (unpaired) electrons. The number of fused-ring (bicyclic) bond motifs is 1. The maximum absolute atomic E-state index is 12.9. The van der Waals surface area contributed by atoms with Gasteiger partial charge < -0.3 is 20.5 Å². The van der Waals surface area contributed by atoms with Crippen molar-refractivity contribution >= 4 is 11.9 Å². The number of likely N-dealkylation sites (N-methyl/N-ethyl adjacent to an activating group) is 1. The molecule has 1 saturated heterocycles. The molecule has 120 valence electrons. The number of nitrogens with two attached hydrogens (primary N) is 1. The fourth-order valence-electron chi connectivity index (χ4n) is 3.84. The Bertz CT molecular complexity index is 451. The molecule has 0 aromatic rings. The van der Waals surface area contributed by atoms with Gasteiger partial charge >= 0.3 is 5.97 Å². The van der Waals surface area contributed by atoms with Crippen LogP contribution in [0.15, 0.2) is 0 Å². The van der Waals surface area contributed by atoms with Gasteiger partial charge in [-0.05, 0) is 13.3 Å². The molecule has 0 bridgehead atoms. The van der Waals surface area contributed by atoms with E-state index in [4.69, 9.17) is 15.6 Å². The van der Waals surface area contributed by atoms with E-state index in [2.05, 4.69) is 0 Å². The van der Waals surface area contributed by atoms with Gasteiger partial charge in [-0.15, -0.1) is 0 Å². The van der Waals surface area contributed by atoms with Crippen molar-refractivity contribution in [3.05, 3.63) is 0 Å². The van der Waals surface area contributed by atoms with Gasteiger partial charge in [0.25, 0.3) is 0 Å². The van der Waals surface area contributed by atoms with E-state index >= 15 is 0 Å². The molecule has 1 aliphatic heterocycles. The molecule has 6 nitrogen and oxygen atoms in total. The molecule has 4 unspecified atom stereocenters. The predicted molar refractivity (Wildman–Crippen MR) is 77.6 cm³/mol. The van der Waals surface area contributed by atoms with Gasteiger partial charge in [0.2, 0.25) is 5.91 Å². The van der Waals surface area contributed by atoms with Crippen LogP contribution in [-0.2, 0) is 14.3 Å². The Kier molecular flexibility index (Phi) is 4.06. The highest BCUT2D eigenvalue weighted by Gasteiger charge is 2.71. The number of hydrogen-bond acceptors (Lipinski definition) is 4. The maximum Gasteiger partial charge on any atom is 0.308 e. The monoisotopic (exact) mass is 298 g/mol. The quantitative estimate of drug-likeness (QED) is 0.779. The normalized spacial score (nSPS) is 34.7. The minimum absolute atomic E-state index is 0.0297. The number of carboxylic acid groups (broad SMARTS) is 1. The summed E-state index contributed by atoms with van der Waals surface area (Å²) < 4.78 is 5.70. The summed E-state index contributed by atoms with van der Waals surface area (Å²) in [5, 5.41) is 9.05. The zero-order valence-electron chi connectivity index (χ0n) is 13.3. The van der Waals surface area contributed by atoms with E-state index in [1.54, 1.807) is 11.8 Å². The van der Waals surface area contributed by atoms with E-state index < -0.39 is 22.8 Å². The number of ether oxygens (including phenoxy) is 1. The minimum atomic E-state index is -0.956. The van der Waals surface area contributed by atoms with E-state index in [1.165, 1.54) is 0 Å². The second-order valence-electron chi connectivity index (χ2n) is 6.86. The maximum atomic E-state index is 12.9. The molecule has 3 N–H and O–H groups in total. The second kappa shape index (κ2) is 5.25. The van der Waals surface area contributed by atoms with Crippen LogP contribution in [-0.4, -0.2) is 53.2 Å². The first kappa shape index (κ1) is 16.2.